The van der Waals surface area contributed by atoms with Crippen LogP contribution in [0.5, 0.6) is 23.0 Å². The molecule has 16 heteroatoms. The zero-order valence-electron chi connectivity index (χ0n) is 30.6. The molecule has 2 N–H and O–H groups in total. The second-order valence-electron chi connectivity index (χ2n) is 14.3. The molecule has 2 heterocycles. The van der Waals surface area contributed by atoms with Crippen LogP contribution in [-0.4, -0.2) is 60.0 Å². The molecule has 292 valence electrons. The predicted molar refractivity (Wildman–Crippen MR) is 207 cm³/mol. The van der Waals surface area contributed by atoms with Crippen LogP contribution in [0.1, 0.15) is 29.9 Å². The van der Waals surface area contributed by atoms with Crippen molar-refractivity contribution in [3.63, 3.8) is 0 Å². The number of halogens is 2. The number of nitrogens with zero attached hydrogens (tertiary/aromatic N) is 3. The number of phenols is 1. The summed E-state index contributed by atoms with van der Waals surface area (Å²) < 4.78 is 17.2. The Morgan fingerprint density at radius 2 is 1.51 bits per heavy atom. The Bertz CT molecular complexity index is 2380. The van der Waals surface area contributed by atoms with Crippen molar-refractivity contribution in [1.82, 2.24) is 5.01 Å². The van der Waals surface area contributed by atoms with E-state index in [4.69, 9.17) is 37.4 Å². The fourth-order valence-electron chi connectivity index (χ4n) is 9.34. The summed E-state index contributed by atoms with van der Waals surface area (Å²) in [6.07, 6.45) is 1.94. The van der Waals surface area contributed by atoms with E-state index in [2.05, 4.69) is 5.43 Å². The topological polar surface area (TPSA) is 178 Å². The number of nitro benzene ring substituents is 1. The van der Waals surface area contributed by atoms with E-state index in [0.29, 0.717) is 27.5 Å². The summed E-state index contributed by atoms with van der Waals surface area (Å²) in [6.45, 7) is 0. The maximum atomic E-state index is 15.6. The summed E-state index contributed by atoms with van der Waals surface area (Å²) in [4.78, 5) is 71.3. The van der Waals surface area contributed by atoms with Gasteiger partial charge in [-0.1, -0.05) is 47.0 Å². The van der Waals surface area contributed by atoms with Gasteiger partial charge in [0.25, 0.3) is 17.5 Å². The lowest BCUT2D eigenvalue weighted by molar-refractivity contribution is -0.384. The van der Waals surface area contributed by atoms with Crippen molar-refractivity contribution in [3.8, 4) is 23.0 Å². The van der Waals surface area contributed by atoms with E-state index in [1.807, 2.05) is 6.08 Å². The Hall–Kier alpha value is -6.12. The number of hydrazine groups is 1. The highest BCUT2D eigenvalue weighted by atomic mass is 35.5. The number of aromatic hydroxyl groups is 1. The van der Waals surface area contributed by atoms with E-state index in [0.717, 1.165) is 9.91 Å². The molecular weight excluding hydrogens is 779 g/mol. The van der Waals surface area contributed by atoms with Crippen LogP contribution in [0.25, 0.3) is 0 Å². The first-order valence-corrected chi connectivity index (χ1v) is 18.6. The number of anilines is 2. The highest BCUT2D eigenvalue weighted by Gasteiger charge is 2.71. The van der Waals surface area contributed by atoms with Gasteiger partial charge in [-0.05, 0) is 66.8 Å². The molecule has 2 aliphatic carbocycles. The van der Waals surface area contributed by atoms with Crippen LogP contribution >= 0.6 is 23.2 Å². The standard InChI is InChI=1S/C41H34Cl2N4O10/c1-55-25-11-4-20(5-12-25)41-29(38(50)46(40(41)52)44-31-15-6-21(42)16-30(31)43)19-28-26(36(41)35-32(56-2)17-24(48)18-33(35)57-3)13-14-27-34(28)39(51)45(37(27)49)22-7-9-23(10-8-22)47(53)54/h4-13,15-18,27-29,34,36,44,48H,14,19H2,1-3H3. The SMILES string of the molecule is COc1ccc(C23C(=O)N(Nc4ccc(Cl)cc4Cl)C(=O)C2CC2C(=CCC4C(=O)N(c5ccc([N+](=O)[O-])cc5)C(=O)C42)C3c2c(OC)cc(O)cc2OC)cc1. The molecule has 0 aromatic heterocycles. The molecule has 57 heavy (non-hydrogen) atoms. The smallest absolute Gasteiger partial charge is 0.269 e. The van der Waals surface area contributed by atoms with Crippen molar-refractivity contribution in [2.24, 2.45) is 23.7 Å². The Morgan fingerprint density at radius 3 is 2.11 bits per heavy atom. The third-order valence-corrected chi connectivity index (χ3v) is 12.3. The maximum absolute atomic E-state index is 15.6. The Morgan fingerprint density at radius 1 is 0.842 bits per heavy atom. The molecule has 2 aliphatic heterocycles. The van der Waals surface area contributed by atoms with E-state index >= 15 is 9.59 Å². The highest BCUT2D eigenvalue weighted by molar-refractivity contribution is 6.36. The summed E-state index contributed by atoms with van der Waals surface area (Å²) in [5.74, 6) is -6.42. The number of carbonyl (C=O) groups excluding carboxylic acids is 4. The average Bonchev–Trinajstić information content (AvgIpc) is 3.59. The highest BCUT2D eigenvalue weighted by Crippen LogP contribution is 2.66. The molecule has 4 aromatic carbocycles. The lowest BCUT2D eigenvalue weighted by Gasteiger charge is -2.51. The van der Waals surface area contributed by atoms with Crippen LogP contribution in [-0.2, 0) is 24.6 Å². The van der Waals surface area contributed by atoms with Crippen molar-refractivity contribution < 1.29 is 43.4 Å². The normalized spacial score (nSPS) is 25.1. The van der Waals surface area contributed by atoms with Gasteiger partial charge in [-0.25, -0.2) is 0 Å². The number of ether oxygens (including phenoxy) is 3. The number of rotatable bonds is 9. The quantitative estimate of drug-likeness (QED) is 0.0784. The van der Waals surface area contributed by atoms with Crippen LogP contribution < -0.4 is 24.5 Å². The zero-order chi connectivity index (χ0) is 40.5. The Labute approximate surface area is 335 Å². The first kappa shape index (κ1) is 37.8. The first-order chi connectivity index (χ1) is 27.3. The lowest BCUT2D eigenvalue weighted by Crippen LogP contribution is -2.53. The molecule has 14 nitrogen and oxygen atoms in total. The van der Waals surface area contributed by atoms with Crippen LogP contribution in [0.4, 0.5) is 17.1 Å². The number of imide groups is 2. The Balaban J connectivity index is 1.36. The molecule has 0 bridgehead atoms. The van der Waals surface area contributed by atoms with Gasteiger partial charge in [0, 0.05) is 40.8 Å². The van der Waals surface area contributed by atoms with Crippen molar-refractivity contribution >= 4 is 63.9 Å². The van der Waals surface area contributed by atoms with Gasteiger partial charge in [0.15, 0.2) is 0 Å². The van der Waals surface area contributed by atoms with Crippen molar-refractivity contribution in [3.05, 3.63) is 122 Å². The first-order valence-electron chi connectivity index (χ1n) is 17.9. The van der Waals surface area contributed by atoms with Gasteiger partial charge in [-0.3, -0.25) is 39.6 Å². The minimum Gasteiger partial charge on any atom is -0.508 e. The molecule has 8 rings (SSSR count). The third kappa shape index (κ3) is 5.68. The second-order valence-corrected chi connectivity index (χ2v) is 15.1. The monoisotopic (exact) mass is 812 g/mol. The van der Waals surface area contributed by atoms with Crippen LogP contribution in [0, 0.1) is 33.8 Å². The van der Waals surface area contributed by atoms with Gasteiger partial charge < -0.3 is 19.3 Å². The van der Waals surface area contributed by atoms with Gasteiger partial charge >= 0.3 is 0 Å². The van der Waals surface area contributed by atoms with Gasteiger partial charge in [0.2, 0.25) is 11.8 Å². The summed E-state index contributed by atoms with van der Waals surface area (Å²) in [6, 6.07) is 19.3. The van der Waals surface area contributed by atoms with E-state index in [9.17, 15) is 24.8 Å². The summed E-state index contributed by atoms with van der Waals surface area (Å²) in [7, 11) is 4.31. The summed E-state index contributed by atoms with van der Waals surface area (Å²) >= 11 is 12.7. The molecule has 4 aromatic rings. The van der Waals surface area contributed by atoms with E-state index < -0.39 is 63.6 Å². The number of fused-ring (bicyclic) bond motifs is 4. The molecule has 2 saturated heterocycles. The predicted octanol–water partition coefficient (Wildman–Crippen LogP) is 6.82. The number of non-ortho nitro benzene ring substituents is 1. The van der Waals surface area contributed by atoms with Crippen molar-refractivity contribution in [2.75, 3.05) is 31.7 Å². The summed E-state index contributed by atoms with van der Waals surface area (Å²) in [5.41, 5.74) is 2.81. The molecular formula is C41H34Cl2N4O10. The Kier molecular flexibility index (Phi) is 9.36. The van der Waals surface area contributed by atoms with Gasteiger partial charge in [0.1, 0.15) is 23.0 Å². The van der Waals surface area contributed by atoms with Gasteiger partial charge in [0.05, 0.1) is 65.8 Å². The van der Waals surface area contributed by atoms with E-state index in [-0.39, 0.29) is 52.2 Å². The minimum absolute atomic E-state index is 0.0253. The number of hydrogen-bond acceptors (Lipinski definition) is 11. The number of amides is 4. The number of allylic oxidation sites excluding steroid dienone is 2. The second kappa shape index (κ2) is 14.1. The summed E-state index contributed by atoms with van der Waals surface area (Å²) in [5, 5.41) is 23.6. The van der Waals surface area contributed by atoms with Crippen LogP contribution in [0.3, 0.4) is 0 Å². The number of methoxy groups -OCH3 is 3. The largest absolute Gasteiger partial charge is 0.508 e. The molecule has 0 radical (unpaired) electrons. The maximum Gasteiger partial charge on any atom is 0.269 e. The van der Waals surface area contributed by atoms with Crippen molar-refractivity contribution in [1.29, 1.82) is 0 Å². The minimum atomic E-state index is -1.73. The average molecular weight is 814 g/mol. The number of hydrogen-bond donors (Lipinski definition) is 2. The zero-order valence-corrected chi connectivity index (χ0v) is 32.1. The lowest BCUT2D eigenvalue weighted by atomic mass is 9.49. The fraction of sp³-hybridized carbons (Fsp3) is 0.268. The number of phenolic OH excluding ortho intramolecular Hbond substituents is 1. The van der Waals surface area contributed by atoms with E-state index in [1.54, 1.807) is 36.4 Å². The molecule has 4 aliphatic rings. The van der Waals surface area contributed by atoms with Gasteiger partial charge in [-0.15, -0.1) is 0 Å². The number of nitro groups is 1. The van der Waals surface area contributed by atoms with Gasteiger partial charge in [-0.2, -0.15) is 5.01 Å². The molecule has 6 atom stereocenters. The molecule has 6 unspecified atom stereocenters. The number of carbonyl (C=O) groups is 4. The molecule has 1 saturated carbocycles. The molecule has 4 amide bonds. The van der Waals surface area contributed by atoms with Crippen LogP contribution in [0.15, 0.2) is 90.5 Å². The molecule has 3 fully saturated rings. The molecule has 0 spiro atoms. The van der Waals surface area contributed by atoms with E-state index in [1.165, 1.54) is 63.8 Å². The fourth-order valence-corrected chi connectivity index (χ4v) is 9.80. The number of benzene rings is 4. The van der Waals surface area contributed by atoms with Crippen LogP contribution in [0.2, 0.25) is 10.0 Å². The third-order valence-electron chi connectivity index (χ3n) is 11.7. The number of nitrogens with one attached hydrogen (secondary N) is 1. The van der Waals surface area contributed by atoms with Crippen molar-refractivity contribution in [2.45, 2.75) is 24.2 Å².